The molecule has 8 nitrogen and oxygen atoms in total. The Hall–Kier alpha value is -3.55. The second kappa shape index (κ2) is 9.78. The summed E-state index contributed by atoms with van der Waals surface area (Å²) in [5, 5.41) is 9.68. The SMILES string of the molecule is Cc1cc(C(=O)NCC(C)C)ccc1NC(=O)CCc1nc(-c2ccncc2)no1. The maximum Gasteiger partial charge on any atom is 0.251 e. The van der Waals surface area contributed by atoms with Crippen molar-refractivity contribution in [3.8, 4) is 11.4 Å². The second-order valence-corrected chi connectivity index (χ2v) is 7.43. The van der Waals surface area contributed by atoms with Crippen molar-refractivity contribution in [2.24, 2.45) is 5.92 Å². The van der Waals surface area contributed by atoms with E-state index in [2.05, 4.69) is 25.8 Å². The van der Waals surface area contributed by atoms with Gasteiger partial charge in [-0.1, -0.05) is 19.0 Å². The number of benzene rings is 1. The van der Waals surface area contributed by atoms with E-state index in [4.69, 9.17) is 4.52 Å². The fourth-order valence-electron chi connectivity index (χ4n) is 2.75. The van der Waals surface area contributed by atoms with Crippen LogP contribution in [0.2, 0.25) is 0 Å². The third kappa shape index (κ3) is 5.73. The molecule has 3 rings (SSSR count). The van der Waals surface area contributed by atoms with Crippen LogP contribution in [0, 0.1) is 12.8 Å². The Bertz CT molecular complexity index is 1010. The summed E-state index contributed by atoms with van der Waals surface area (Å²) < 4.78 is 5.22. The number of hydrogen-bond donors (Lipinski definition) is 2. The molecule has 0 radical (unpaired) electrons. The standard InChI is InChI=1S/C22H25N5O3/c1-14(2)13-24-22(29)17-4-5-18(15(3)12-17)25-19(28)6-7-20-26-21(27-30-20)16-8-10-23-11-9-16/h4-5,8-12,14H,6-7,13H2,1-3H3,(H,24,29)(H,25,28). The summed E-state index contributed by atoms with van der Waals surface area (Å²) in [4.78, 5) is 32.8. The fraction of sp³-hybridized carbons (Fsp3) is 0.318. The highest BCUT2D eigenvalue weighted by atomic mass is 16.5. The number of aromatic nitrogens is 3. The van der Waals surface area contributed by atoms with Crippen molar-refractivity contribution in [3.63, 3.8) is 0 Å². The van der Waals surface area contributed by atoms with E-state index in [1.54, 1.807) is 42.7 Å². The van der Waals surface area contributed by atoms with Crippen LogP contribution in [0.1, 0.15) is 42.1 Å². The van der Waals surface area contributed by atoms with E-state index in [1.165, 1.54) is 0 Å². The molecule has 156 valence electrons. The van der Waals surface area contributed by atoms with E-state index in [-0.39, 0.29) is 18.2 Å². The Morgan fingerprint density at radius 3 is 2.60 bits per heavy atom. The van der Waals surface area contributed by atoms with Crippen LogP contribution in [0.3, 0.4) is 0 Å². The van der Waals surface area contributed by atoms with Gasteiger partial charge in [-0.2, -0.15) is 4.98 Å². The molecule has 2 aromatic heterocycles. The molecule has 0 saturated heterocycles. The zero-order chi connectivity index (χ0) is 21.5. The van der Waals surface area contributed by atoms with Crippen LogP contribution in [0.25, 0.3) is 11.4 Å². The molecule has 3 aromatic rings. The predicted octanol–water partition coefficient (Wildman–Crippen LogP) is 3.40. The molecule has 30 heavy (non-hydrogen) atoms. The summed E-state index contributed by atoms with van der Waals surface area (Å²) in [5.41, 5.74) is 2.86. The fourth-order valence-corrected chi connectivity index (χ4v) is 2.75. The van der Waals surface area contributed by atoms with E-state index >= 15 is 0 Å². The minimum Gasteiger partial charge on any atom is -0.352 e. The Kier molecular flexibility index (Phi) is 6.90. The Labute approximate surface area is 175 Å². The van der Waals surface area contributed by atoms with Crippen molar-refractivity contribution >= 4 is 17.5 Å². The highest BCUT2D eigenvalue weighted by Gasteiger charge is 2.13. The van der Waals surface area contributed by atoms with Crippen LogP contribution >= 0.6 is 0 Å². The quantitative estimate of drug-likeness (QED) is 0.592. The molecule has 0 aliphatic heterocycles. The Morgan fingerprint density at radius 2 is 1.90 bits per heavy atom. The van der Waals surface area contributed by atoms with Crippen molar-refractivity contribution < 1.29 is 14.1 Å². The number of anilines is 1. The van der Waals surface area contributed by atoms with E-state index in [1.807, 2.05) is 20.8 Å². The van der Waals surface area contributed by atoms with Gasteiger partial charge in [0.25, 0.3) is 5.91 Å². The van der Waals surface area contributed by atoms with Crippen LogP contribution in [0.4, 0.5) is 5.69 Å². The highest BCUT2D eigenvalue weighted by Crippen LogP contribution is 2.18. The zero-order valence-electron chi connectivity index (χ0n) is 17.3. The largest absolute Gasteiger partial charge is 0.352 e. The van der Waals surface area contributed by atoms with Gasteiger partial charge in [0.1, 0.15) is 0 Å². The zero-order valence-corrected chi connectivity index (χ0v) is 17.3. The first kappa shape index (κ1) is 21.2. The number of hydrogen-bond acceptors (Lipinski definition) is 6. The van der Waals surface area contributed by atoms with Gasteiger partial charge in [0.2, 0.25) is 17.6 Å². The molecular formula is C22H25N5O3. The van der Waals surface area contributed by atoms with Gasteiger partial charge in [-0.3, -0.25) is 14.6 Å². The molecule has 8 heteroatoms. The van der Waals surface area contributed by atoms with Crippen LogP contribution in [-0.2, 0) is 11.2 Å². The number of carbonyl (C=O) groups excluding carboxylic acids is 2. The van der Waals surface area contributed by atoms with Crippen molar-refractivity contribution in [1.82, 2.24) is 20.4 Å². The second-order valence-electron chi connectivity index (χ2n) is 7.43. The molecule has 0 bridgehead atoms. The van der Waals surface area contributed by atoms with Gasteiger partial charge in [-0.15, -0.1) is 0 Å². The third-order valence-corrected chi connectivity index (χ3v) is 4.41. The first-order valence-corrected chi connectivity index (χ1v) is 9.84. The first-order valence-electron chi connectivity index (χ1n) is 9.84. The maximum absolute atomic E-state index is 12.3. The van der Waals surface area contributed by atoms with Gasteiger partial charge in [-0.05, 0) is 48.7 Å². The van der Waals surface area contributed by atoms with Gasteiger partial charge in [0.05, 0.1) is 0 Å². The van der Waals surface area contributed by atoms with E-state index in [0.717, 1.165) is 11.1 Å². The number of rotatable bonds is 8. The summed E-state index contributed by atoms with van der Waals surface area (Å²) in [7, 11) is 0. The summed E-state index contributed by atoms with van der Waals surface area (Å²) in [6.45, 7) is 6.56. The lowest BCUT2D eigenvalue weighted by Crippen LogP contribution is -2.27. The Balaban J connectivity index is 1.54. The molecule has 0 unspecified atom stereocenters. The van der Waals surface area contributed by atoms with Crippen molar-refractivity contribution in [2.75, 3.05) is 11.9 Å². The van der Waals surface area contributed by atoms with E-state index < -0.39 is 0 Å². The Morgan fingerprint density at radius 1 is 1.13 bits per heavy atom. The first-order chi connectivity index (χ1) is 14.4. The lowest BCUT2D eigenvalue weighted by molar-refractivity contribution is -0.116. The van der Waals surface area contributed by atoms with Crippen molar-refractivity contribution in [2.45, 2.75) is 33.6 Å². The van der Waals surface area contributed by atoms with Crippen LogP contribution in [0.15, 0.2) is 47.2 Å². The summed E-state index contributed by atoms with van der Waals surface area (Å²) in [6, 6.07) is 8.79. The molecule has 0 spiro atoms. The lowest BCUT2D eigenvalue weighted by Gasteiger charge is -2.11. The molecule has 0 atom stereocenters. The average molecular weight is 407 g/mol. The molecule has 1 aromatic carbocycles. The molecule has 0 saturated carbocycles. The number of amides is 2. The number of aryl methyl sites for hydroxylation is 2. The van der Waals surface area contributed by atoms with Gasteiger partial charge in [0, 0.05) is 48.6 Å². The number of carbonyl (C=O) groups is 2. The number of pyridine rings is 1. The summed E-state index contributed by atoms with van der Waals surface area (Å²) >= 11 is 0. The molecule has 0 aliphatic rings. The van der Waals surface area contributed by atoms with Gasteiger partial charge in [-0.25, -0.2) is 0 Å². The van der Waals surface area contributed by atoms with Crippen LogP contribution in [0.5, 0.6) is 0 Å². The van der Waals surface area contributed by atoms with E-state index in [9.17, 15) is 9.59 Å². The van der Waals surface area contributed by atoms with Crippen LogP contribution < -0.4 is 10.6 Å². The lowest BCUT2D eigenvalue weighted by atomic mass is 10.1. The monoisotopic (exact) mass is 407 g/mol. The minimum absolute atomic E-state index is 0.119. The topological polar surface area (TPSA) is 110 Å². The van der Waals surface area contributed by atoms with Crippen molar-refractivity contribution in [1.29, 1.82) is 0 Å². The number of nitrogens with one attached hydrogen (secondary N) is 2. The maximum atomic E-state index is 12.3. The van der Waals surface area contributed by atoms with Gasteiger partial charge < -0.3 is 15.2 Å². The normalized spacial score (nSPS) is 10.8. The van der Waals surface area contributed by atoms with E-state index in [0.29, 0.717) is 41.8 Å². The van der Waals surface area contributed by atoms with Gasteiger partial charge in [0.15, 0.2) is 0 Å². The molecular weight excluding hydrogens is 382 g/mol. The highest BCUT2D eigenvalue weighted by molar-refractivity contribution is 5.96. The smallest absolute Gasteiger partial charge is 0.251 e. The molecule has 2 heterocycles. The summed E-state index contributed by atoms with van der Waals surface area (Å²) in [5.74, 6) is 0.957. The van der Waals surface area contributed by atoms with Crippen molar-refractivity contribution in [3.05, 3.63) is 59.7 Å². The van der Waals surface area contributed by atoms with Crippen LogP contribution in [-0.4, -0.2) is 33.5 Å². The minimum atomic E-state index is -0.168. The number of nitrogens with zero attached hydrogens (tertiary/aromatic N) is 3. The predicted molar refractivity (Wildman–Crippen MR) is 113 cm³/mol. The molecule has 2 N–H and O–H groups in total. The summed E-state index contributed by atoms with van der Waals surface area (Å²) in [6.07, 6.45) is 3.84. The van der Waals surface area contributed by atoms with Gasteiger partial charge >= 0.3 is 0 Å². The molecule has 2 amide bonds. The molecule has 0 aliphatic carbocycles. The molecule has 0 fully saturated rings. The average Bonchev–Trinajstić information content (AvgIpc) is 3.21. The third-order valence-electron chi connectivity index (χ3n) is 4.41.